The number of carbonyl (C=O) groups excluding carboxylic acids is 2. The first kappa shape index (κ1) is 50.0. The van der Waals surface area contributed by atoms with E-state index in [0.717, 1.165) is 44.9 Å². The highest BCUT2D eigenvalue weighted by Crippen LogP contribution is 2.43. The van der Waals surface area contributed by atoms with Crippen molar-refractivity contribution in [3.8, 4) is 0 Å². The molecule has 0 saturated heterocycles. The van der Waals surface area contributed by atoms with Crippen molar-refractivity contribution in [1.82, 2.24) is 5.32 Å². The van der Waals surface area contributed by atoms with E-state index in [2.05, 4.69) is 43.5 Å². The molecule has 0 radical (unpaired) electrons. The Bertz CT molecular complexity index is 989. The number of aliphatic hydroxyl groups excluding tert-OH is 1. The standard InChI is InChI=1S/C40H74NO10P/c1-3-5-7-9-11-12-13-14-15-16-17-18-19-20-21-22-23-24-26-27-29-31-38(43)41-37(40(45)46)35-51-52(47,48)50-34-36(42)33-49-39(44)32-30-28-25-10-8-6-4-2/h11-12,14-15,36-37,42H,3-10,13,16-35H2,1-2H3,(H,41,43)(H,45,46)(H,47,48)/b12-11-,15-14-. The van der Waals surface area contributed by atoms with Crippen LogP contribution in [0.5, 0.6) is 0 Å². The lowest BCUT2D eigenvalue weighted by molar-refractivity contribution is -0.147. The molecule has 1 amide bonds. The van der Waals surface area contributed by atoms with Gasteiger partial charge < -0.3 is 25.2 Å². The molecule has 0 saturated carbocycles. The number of nitrogens with one attached hydrogen (secondary N) is 1. The fraction of sp³-hybridized carbons (Fsp3) is 0.825. The molecular formula is C40H74NO10P. The van der Waals surface area contributed by atoms with Gasteiger partial charge in [0.05, 0.1) is 13.2 Å². The van der Waals surface area contributed by atoms with Crippen LogP contribution in [0.2, 0.25) is 0 Å². The Hall–Kier alpha value is -2.04. The second kappa shape index (κ2) is 36.0. The number of carboxylic acids is 1. The molecule has 0 fully saturated rings. The largest absolute Gasteiger partial charge is 0.480 e. The van der Waals surface area contributed by atoms with Crippen LogP contribution in [0.25, 0.3) is 0 Å². The van der Waals surface area contributed by atoms with Crippen LogP contribution in [0.3, 0.4) is 0 Å². The van der Waals surface area contributed by atoms with E-state index in [1.807, 2.05) is 0 Å². The van der Waals surface area contributed by atoms with Crippen molar-refractivity contribution in [3.63, 3.8) is 0 Å². The molecule has 0 bridgehead atoms. The first-order chi connectivity index (χ1) is 25.1. The third kappa shape index (κ3) is 35.0. The molecule has 0 aliphatic carbocycles. The Balaban J connectivity index is 3.88. The van der Waals surface area contributed by atoms with Crippen molar-refractivity contribution in [3.05, 3.63) is 24.3 Å². The lowest BCUT2D eigenvalue weighted by Crippen LogP contribution is -2.43. The number of esters is 1. The minimum atomic E-state index is -4.74. The number of aliphatic carboxylic acids is 1. The van der Waals surface area contributed by atoms with Gasteiger partial charge in [-0.1, -0.05) is 147 Å². The third-order valence-electron chi connectivity index (χ3n) is 8.74. The zero-order chi connectivity index (χ0) is 38.5. The molecule has 12 heteroatoms. The summed E-state index contributed by atoms with van der Waals surface area (Å²) in [7, 11) is -4.74. The first-order valence-corrected chi connectivity index (χ1v) is 21.9. The van der Waals surface area contributed by atoms with Gasteiger partial charge in [0.2, 0.25) is 5.91 Å². The van der Waals surface area contributed by atoms with Gasteiger partial charge in [-0.3, -0.25) is 18.6 Å². The summed E-state index contributed by atoms with van der Waals surface area (Å²) in [6.07, 6.45) is 35.2. The molecule has 0 aliphatic heterocycles. The van der Waals surface area contributed by atoms with E-state index >= 15 is 0 Å². The average molecular weight is 760 g/mol. The molecule has 4 N–H and O–H groups in total. The Morgan fingerprint density at radius 1 is 0.615 bits per heavy atom. The number of phosphoric ester groups is 1. The monoisotopic (exact) mass is 760 g/mol. The molecule has 0 aliphatic rings. The molecule has 0 aromatic rings. The van der Waals surface area contributed by atoms with Crippen LogP contribution in [0.4, 0.5) is 0 Å². The highest BCUT2D eigenvalue weighted by atomic mass is 31.2. The number of carbonyl (C=O) groups is 3. The number of allylic oxidation sites excluding steroid dienone is 4. The van der Waals surface area contributed by atoms with Crippen LogP contribution < -0.4 is 5.32 Å². The topological polar surface area (TPSA) is 169 Å². The number of rotatable bonds is 38. The van der Waals surface area contributed by atoms with Crippen LogP contribution in [-0.4, -0.2) is 64.9 Å². The maximum absolute atomic E-state index is 12.3. The number of phosphoric acid groups is 1. The normalized spacial score (nSPS) is 14.1. The molecular weight excluding hydrogens is 685 g/mol. The van der Waals surface area contributed by atoms with Crippen LogP contribution in [0.15, 0.2) is 24.3 Å². The van der Waals surface area contributed by atoms with Gasteiger partial charge in [-0.25, -0.2) is 9.36 Å². The van der Waals surface area contributed by atoms with Gasteiger partial charge in [-0.2, -0.15) is 0 Å². The molecule has 52 heavy (non-hydrogen) atoms. The van der Waals surface area contributed by atoms with Crippen molar-refractivity contribution >= 4 is 25.7 Å². The summed E-state index contributed by atoms with van der Waals surface area (Å²) in [6.45, 7) is 2.50. The molecule has 0 heterocycles. The molecule has 304 valence electrons. The Labute approximate surface area is 315 Å². The predicted octanol–water partition coefficient (Wildman–Crippen LogP) is 9.89. The highest BCUT2D eigenvalue weighted by Gasteiger charge is 2.28. The SMILES string of the molecule is CCCCC/C=C\C/C=C\CCCCCCCCCCCCCC(=O)NC(COP(=O)(O)OCC(O)COC(=O)CCCCCCCCC)C(=O)O. The lowest BCUT2D eigenvalue weighted by atomic mass is 10.0. The smallest absolute Gasteiger partial charge is 0.472 e. The van der Waals surface area contributed by atoms with E-state index in [9.17, 15) is 34.1 Å². The van der Waals surface area contributed by atoms with Crippen LogP contribution >= 0.6 is 7.82 Å². The van der Waals surface area contributed by atoms with Gasteiger partial charge in [0.1, 0.15) is 12.7 Å². The van der Waals surface area contributed by atoms with Gasteiger partial charge in [0, 0.05) is 12.8 Å². The quantitative estimate of drug-likeness (QED) is 0.0206. The summed E-state index contributed by atoms with van der Waals surface area (Å²) in [5.41, 5.74) is 0. The number of unbranched alkanes of at least 4 members (excludes halogenated alkanes) is 20. The average Bonchev–Trinajstić information content (AvgIpc) is 3.11. The highest BCUT2D eigenvalue weighted by molar-refractivity contribution is 7.47. The van der Waals surface area contributed by atoms with E-state index in [0.29, 0.717) is 12.8 Å². The van der Waals surface area contributed by atoms with E-state index < -0.39 is 57.6 Å². The second-order valence-electron chi connectivity index (χ2n) is 13.8. The number of amides is 1. The van der Waals surface area contributed by atoms with Crippen molar-refractivity contribution in [2.24, 2.45) is 0 Å². The summed E-state index contributed by atoms with van der Waals surface area (Å²) in [5.74, 6) is -2.38. The summed E-state index contributed by atoms with van der Waals surface area (Å²) < 4.78 is 26.6. The number of ether oxygens (including phenoxy) is 1. The van der Waals surface area contributed by atoms with Crippen molar-refractivity contribution in [2.45, 2.75) is 193 Å². The van der Waals surface area contributed by atoms with Crippen molar-refractivity contribution < 1.29 is 47.8 Å². The number of aliphatic hydroxyl groups is 1. The van der Waals surface area contributed by atoms with E-state index in [1.165, 1.54) is 96.3 Å². The predicted molar refractivity (Wildman–Crippen MR) is 208 cm³/mol. The van der Waals surface area contributed by atoms with Crippen LogP contribution in [0.1, 0.15) is 181 Å². The fourth-order valence-electron chi connectivity index (χ4n) is 5.52. The molecule has 3 unspecified atom stereocenters. The molecule has 0 spiro atoms. The minimum Gasteiger partial charge on any atom is -0.480 e. The maximum atomic E-state index is 12.3. The summed E-state index contributed by atoms with van der Waals surface area (Å²) >= 11 is 0. The number of hydrogen-bond acceptors (Lipinski definition) is 8. The third-order valence-corrected chi connectivity index (χ3v) is 9.69. The fourth-order valence-corrected chi connectivity index (χ4v) is 6.29. The van der Waals surface area contributed by atoms with Crippen LogP contribution in [0, 0.1) is 0 Å². The van der Waals surface area contributed by atoms with E-state index in [-0.39, 0.29) is 12.8 Å². The molecule has 0 aromatic heterocycles. The zero-order valence-corrected chi connectivity index (χ0v) is 33.5. The molecule has 0 rings (SSSR count). The van der Waals surface area contributed by atoms with Crippen LogP contribution in [-0.2, 0) is 32.7 Å². The number of carboxylic acid groups (broad SMARTS) is 1. The summed E-state index contributed by atoms with van der Waals surface area (Å²) in [5, 5.41) is 21.7. The van der Waals surface area contributed by atoms with E-state index in [1.54, 1.807) is 0 Å². The lowest BCUT2D eigenvalue weighted by Gasteiger charge is -2.18. The van der Waals surface area contributed by atoms with Gasteiger partial charge in [-0.05, 0) is 44.9 Å². The van der Waals surface area contributed by atoms with Gasteiger partial charge in [0.15, 0.2) is 6.04 Å². The Morgan fingerprint density at radius 3 is 1.60 bits per heavy atom. The molecule has 3 atom stereocenters. The Kier molecular flexibility index (Phi) is 34.6. The van der Waals surface area contributed by atoms with Gasteiger partial charge in [0.25, 0.3) is 0 Å². The van der Waals surface area contributed by atoms with Gasteiger partial charge in [-0.15, -0.1) is 0 Å². The summed E-state index contributed by atoms with van der Waals surface area (Å²) in [4.78, 5) is 45.6. The Morgan fingerprint density at radius 2 is 1.06 bits per heavy atom. The van der Waals surface area contributed by atoms with Crippen molar-refractivity contribution in [2.75, 3.05) is 19.8 Å². The molecule has 11 nitrogen and oxygen atoms in total. The molecule has 0 aromatic carbocycles. The first-order valence-electron chi connectivity index (χ1n) is 20.4. The van der Waals surface area contributed by atoms with Crippen molar-refractivity contribution in [1.29, 1.82) is 0 Å². The van der Waals surface area contributed by atoms with Gasteiger partial charge >= 0.3 is 19.8 Å². The zero-order valence-electron chi connectivity index (χ0n) is 32.6. The second-order valence-corrected chi connectivity index (χ2v) is 15.3. The minimum absolute atomic E-state index is 0.145. The van der Waals surface area contributed by atoms with E-state index in [4.69, 9.17) is 13.8 Å². The summed E-state index contributed by atoms with van der Waals surface area (Å²) in [6, 6.07) is -1.54. The number of hydrogen-bond donors (Lipinski definition) is 4. The maximum Gasteiger partial charge on any atom is 0.472 e.